The molecule has 8 nitrogen and oxygen atoms in total. The predicted molar refractivity (Wildman–Crippen MR) is 70.2 cm³/mol. The Morgan fingerprint density at radius 1 is 1.63 bits per heavy atom. The van der Waals surface area contributed by atoms with Gasteiger partial charge < -0.3 is 15.3 Å². The minimum atomic E-state index is -0.501. The van der Waals surface area contributed by atoms with Gasteiger partial charge in [0.25, 0.3) is 0 Å². The molecule has 0 saturated carbocycles. The summed E-state index contributed by atoms with van der Waals surface area (Å²) in [6.07, 6.45) is 1.47. The third-order valence-electron chi connectivity index (χ3n) is 3.39. The van der Waals surface area contributed by atoms with Gasteiger partial charge in [0.05, 0.1) is 11.0 Å². The van der Waals surface area contributed by atoms with Crippen molar-refractivity contribution in [3.8, 4) is 0 Å². The highest BCUT2D eigenvalue weighted by Crippen LogP contribution is 2.29. The smallest absolute Gasteiger partial charge is 0.329 e. The zero-order valence-corrected chi connectivity index (χ0v) is 10.9. The van der Waals surface area contributed by atoms with Crippen molar-refractivity contribution in [3.05, 3.63) is 16.3 Å². The second-order valence-electron chi connectivity index (χ2n) is 4.69. The number of nitrogens with one attached hydrogen (secondary N) is 1. The number of anilines is 2. The van der Waals surface area contributed by atoms with Gasteiger partial charge in [0, 0.05) is 20.1 Å². The minimum absolute atomic E-state index is 0.138. The van der Waals surface area contributed by atoms with E-state index in [1.54, 1.807) is 11.9 Å². The third-order valence-corrected chi connectivity index (χ3v) is 3.39. The van der Waals surface area contributed by atoms with Gasteiger partial charge in [-0.1, -0.05) is 6.92 Å². The molecule has 0 spiro atoms. The largest absolute Gasteiger partial charge is 0.391 e. The van der Waals surface area contributed by atoms with Gasteiger partial charge in [-0.3, -0.25) is 10.1 Å². The Morgan fingerprint density at radius 2 is 2.37 bits per heavy atom. The van der Waals surface area contributed by atoms with Crippen molar-refractivity contribution in [2.75, 3.05) is 30.4 Å². The van der Waals surface area contributed by atoms with Crippen LogP contribution in [-0.2, 0) is 0 Å². The van der Waals surface area contributed by atoms with Crippen LogP contribution >= 0.6 is 0 Å². The lowest BCUT2D eigenvalue weighted by Crippen LogP contribution is -2.43. The van der Waals surface area contributed by atoms with E-state index in [-0.39, 0.29) is 17.4 Å². The fourth-order valence-corrected chi connectivity index (χ4v) is 2.09. The highest BCUT2D eigenvalue weighted by Gasteiger charge is 2.30. The number of β-amino-alcohol motifs (C(OH)–C–C–N with tert-alkyl or cyclic N) is 1. The average molecular weight is 267 g/mol. The first kappa shape index (κ1) is 13.5. The Kier molecular flexibility index (Phi) is 3.79. The number of hydrogen-bond acceptors (Lipinski definition) is 7. The molecule has 104 valence electrons. The van der Waals surface area contributed by atoms with Crippen LogP contribution in [0.4, 0.5) is 17.5 Å². The molecule has 2 N–H and O–H groups in total. The summed E-state index contributed by atoms with van der Waals surface area (Å²) in [5.74, 6) is 0.782. The maximum atomic E-state index is 11.0. The standard InChI is InChI=1S/C11H17N5O3/c1-7-3-4-15(6-9(7)17)10-8(16(18)19)5-13-11(12-2)14-10/h5,7,9,17H,3-4,6H2,1-2H3,(H,12,13,14). The fraction of sp³-hybridized carbons (Fsp3) is 0.636. The van der Waals surface area contributed by atoms with Crippen LogP contribution in [-0.4, -0.2) is 46.2 Å². The summed E-state index contributed by atoms with van der Waals surface area (Å²) < 4.78 is 0. The molecule has 0 aliphatic carbocycles. The maximum Gasteiger partial charge on any atom is 0.329 e. The summed E-state index contributed by atoms with van der Waals surface area (Å²) in [6.45, 7) is 2.96. The Hall–Kier alpha value is -1.96. The first-order chi connectivity index (χ1) is 9.02. The number of piperidine rings is 1. The van der Waals surface area contributed by atoms with Crippen molar-refractivity contribution in [2.24, 2.45) is 5.92 Å². The molecule has 0 radical (unpaired) electrons. The van der Waals surface area contributed by atoms with Gasteiger partial charge in [0.1, 0.15) is 6.20 Å². The van der Waals surface area contributed by atoms with Crippen LogP contribution < -0.4 is 10.2 Å². The lowest BCUT2D eigenvalue weighted by molar-refractivity contribution is -0.384. The van der Waals surface area contributed by atoms with E-state index in [4.69, 9.17) is 0 Å². The van der Waals surface area contributed by atoms with Gasteiger partial charge in [0.2, 0.25) is 11.8 Å². The van der Waals surface area contributed by atoms with E-state index in [0.717, 1.165) is 6.42 Å². The van der Waals surface area contributed by atoms with Gasteiger partial charge >= 0.3 is 5.69 Å². The Balaban J connectivity index is 2.34. The molecule has 19 heavy (non-hydrogen) atoms. The molecule has 1 aliphatic rings. The van der Waals surface area contributed by atoms with Crippen molar-refractivity contribution in [2.45, 2.75) is 19.4 Å². The van der Waals surface area contributed by atoms with E-state index in [2.05, 4.69) is 15.3 Å². The molecule has 1 saturated heterocycles. The summed E-state index contributed by atoms with van der Waals surface area (Å²) in [7, 11) is 1.65. The second-order valence-corrected chi connectivity index (χ2v) is 4.69. The third kappa shape index (κ3) is 2.73. The van der Waals surface area contributed by atoms with E-state index in [1.807, 2.05) is 6.92 Å². The lowest BCUT2D eigenvalue weighted by Gasteiger charge is -2.34. The number of nitrogens with zero attached hydrogens (tertiary/aromatic N) is 4. The predicted octanol–water partition coefficient (Wildman–Crippen LogP) is 0.634. The number of aliphatic hydroxyl groups is 1. The fourth-order valence-electron chi connectivity index (χ4n) is 2.09. The molecule has 0 bridgehead atoms. The highest BCUT2D eigenvalue weighted by atomic mass is 16.6. The van der Waals surface area contributed by atoms with Crippen molar-refractivity contribution in [1.29, 1.82) is 0 Å². The number of nitro groups is 1. The first-order valence-electron chi connectivity index (χ1n) is 6.15. The summed E-state index contributed by atoms with van der Waals surface area (Å²) in [5.41, 5.74) is -0.138. The van der Waals surface area contributed by atoms with Crippen molar-refractivity contribution in [1.82, 2.24) is 9.97 Å². The van der Waals surface area contributed by atoms with Crippen molar-refractivity contribution < 1.29 is 10.0 Å². The normalized spacial score (nSPS) is 23.2. The summed E-state index contributed by atoms with van der Waals surface area (Å²) in [6, 6.07) is 0. The minimum Gasteiger partial charge on any atom is -0.391 e. The van der Waals surface area contributed by atoms with Gasteiger partial charge in [-0.05, 0) is 12.3 Å². The Morgan fingerprint density at radius 3 is 2.95 bits per heavy atom. The molecular formula is C11H17N5O3. The number of aromatic nitrogens is 2. The Bertz CT molecular complexity index is 481. The molecule has 1 fully saturated rings. The van der Waals surface area contributed by atoms with Crippen molar-refractivity contribution >= 4 is 17.5 Å². The van der Waals surface area contributed by atoms with E-state index in [0.29, 0.717) is 19.0 Å². The SMILES string of the molecule is CNc1ncc([N+](=O)[O-])c(N2CCC(C)C(O)C2)n1. The highest BCUT2D eigenvalue weighted by molar-refractivity contribution is 5.59. The van der Waals surface area contributed by atoms with E-state index in [1.165, 1.54) is 6.20 Å². The summed E-state index contributed by atoms with van der Waals surface area (Å²) in [4.78, 5) is 20.3. The van der Waals surface area contributed by atoms with Crippen LogP contribution in [0.15, 0.2) is 6.20 Å². The van der Waals surface area contributed by atoms with Crippen LogP contribution in [0.2, 0.25) is 0 Å². The van der Waals surface area contributed by atoms with Gasteiger partial charge in [-0.2, -0.15) is 4.98 Å². The molecule has 1 aliphatic heterocycles. The molecule has 2 rings (SSSR count). The van der Waals surface area contributed by atoms with Crippen LogP contribution in [0.3, 0.4) is 0 Å². The van der Waals surface area contributed by atoms with E-state index >= 15 is 0 Å². The topological polar surface area (TPSA) is 104 Å². The van der Waals surface area contributed by atoms with Gasteiger partial charge in [-0.15, -0.1) is 0 Å². The van der Waals surface area contributed by atoms with E-state index < -0.39 is 11.0 Å². The monoisotopic (exact) mass is 267 g/mol. The lowest BCUT2D eigenvalue weighted by atomic mass is 9.96. The molecule has 2 atom stereocenters. The molecule has 1 aromatic rings. The molecular weight excluding hydrogens is 250 g/mol. The zero-order valence-electron chi connectivity index (χ0n) is 10.9. The van der Waals surface area contributed by atoms with Crippen molar-refractivity contribution in [3.63, 3.8) is 0 Å². The van der Waals surface area contributed by atoms with Crippen LogP contribution in [0, 0.1) is 16.0 Å². The first-order valence-corrected chi connectivity index (χ1v) is 6.15. The van der Waals surface area contributed by atoms with Crippen LogP contribution in [0.25, 0.3) is 0 Å². The molecule has 0 amide bonds. The number of hydrogen-bond donors (Lipinski definition) is 2. The number of aliphatic hydroxyl groups excluding tert-OH is 1. The maximum absolute atomic E-state index is 11.0. The molecule has 1 aromatic heterocycles. The van der Waals surface area contributed by atoms with Gasteiger partial charge in [-0.25, -0.2) is 4.98 Å². The second kappa shape index (κ2) is 5.35. The van der Waals surface area contributed by atoms with Crippen LogP contribution in [0.1, 0.15) is 13.3 Å². The molecule has 2 heterocycles. The van der Waals surface area contributed by atoms with Gasteiger partial charge in [0.15, 0.2) is 0 Å². The number of rotatable bonds is 3. The quantitative estimate of drug-likeness (QED) is 0.611. The average Bonchev–Trinajstić information content (AvgIpc) is 2.41. The zero-order chi connectivity index (χ0) is 14.0. The molecule has 2 unspecified atom stereocenters. The Labute approximate surface area is 110 Å². The van der Waals surface area contributed by atoms with E-state index in [9.17, 15) is 15.2 Å². The van der Waals surface area contributed by atoms with Crippen LogP contribution in [0.5, 0.6) is 0 Å². The molecule has 0 aromatic carbocycles. The summed E-state index contributed by atoms with van der Waals surface area (Å²) >= 11 is 0. The molecule has 8 heteroatoms. The summed E-state index contributed by atoms with van der Waals surface area (Å²) in [5, 5.41) is 23.7.